The van der Waals surface area contributed by atoms with E-state index in [1.165, 1.54) is 22.6 Å². The van der Waals surface area contributed by atoms with Crippen molar-refractivity contribution in [2.75, 3.05) is 26.7 Å². The summed E-state index contributed by atoms with van der Waals surface area (Å²) >= 11 is 0. The molecule has 0 N–H and O–H groups in total. The van der Waals surface area contributed by atoms with Crippen LogP contribution in [0.3, 0.4) is 0 Å². The van der Waals surface area contributed by atoms with Gasteiger partial charge >= 0.3 is 6.09 Å². The first-order valence-electron chi connectivity index (χ1n) is 7.61. The van der Waals surface area contributed by atoms with Crippen molar-refractivity contribution in [3.8, 4) is 0 Å². The van der Waals surface area contributed by atoms with Gasteiger partial charge in [-0.3, -0.25) is 9.69 Å². The van der Waals surface area contributed by atoms with Crippen molar-refractivity contribution in [3.05, 3.63) is 11.7 Å². The molecule has 0 radical (unpaired) electrons. The van der Waals surface area contributed by atoms with E-state index in [4.69, 9.17) is 9.26 Å². The van der Waals surface area contributed by atoms with Gasteiger partial charge in [-0.1, -0.05) is 18.0 Å². The maximum absolute atomic E-state index is 12.1. The first kappa shape index (κ1) is 14.8. The van der Waals surface area contributed by atoms with E-state index in [0.29, 0.717) is 30.8 Å². The van der Waals surface area contributed by atoms with Gasteiger partial charge in [0.1, 0.15) is 13.2 Å². The molecule has 120 valence electrons. The highest BCUT2D eigenvalue weighted by molar-refractivity contribution is 5.82. The number of carbonyl (C=O) groups is 2. The highest BCUT2D eigenvalue weighted by Gasteiger charge is 2.27. The molecule has 3 rings (SSSR count). The second kappa shape index (κ2) is 6.33. The highest BCUT2D eigenvalue weighted by atomic mass is 16.6. The molecule has 2 heterocycles. The van der Waals surface area contributed by atoms with Crippen LogP contribution in [-0.4, -0.2) is 58.7 Å². The molecule has 1 aliphatic heterocycles. The number of cyclic esters (lactones) is 1. The van der Waals surface area contributed by atoms with Crippen LogP contribution in [0.1, 0.15) is 43.3 Å². The van der Waals surface area contributed by atoms with Crippen LogP contribution in [0.15, 0.2) is 4.52 Å². The van der Waals surface area contributed by atoms with Gasteiger partial charge in [-0.2, -0.15) is 4.98 Å². The van der Waals surface area contributed by atoms with Crippen molar-refractivity contribution in [2.24, 2.45) is 0 Å². The monoisotopic (exact) mass is 308 g/mol. The third kappa shape index (κ3) is 3.20. The number of hydrogen-bond acceptors (Lipinski definition) is 6. The molecule has 0 spiro atoms. The van der Waals surface area contributed by atoms with Crippen molar-refractivity contribution in [3.63, 3.8) is 0 Å². The van der Waals surface area contributed by atoms with Crippen LogP contribution in [-0.2, 0) is 16.1 Å². The van der Waals surface area contributed by atoms with E-state index in [-0.39, 0.29) is 19.0 Å². The zero-order valence-electron chi connectivity index (χ0n) is 12.7. The minimum absolute atomic E-state index is 0.0165. The Hall–Kier alpha value is -2.12. The molecular formula is C14H20N4O4. The summed E-state index contributed by atoms with van der Waals surface area (Å²) in [5.74, 6) is 1.37. The predicted molar refractivity (Wildman–Crippen MR) is 74.9 cm³/mol. The zero-order valence-corrected chi connectivity index (χ0v) is 12.7. The van der Waals surface area contributed by atoms with Crippen LogP contribution < -0.4 is 0 Å². The average Bonchev–Trinajstić information content (AvgIpc) is 3.21. The SMILES string of the molecule is CN(Cc1noc(C2CCCC2)n1)C(=O)CN1CCOC1=O. The maximum Gasteiger partial charge on any atom is 0.410 e. The van der Waals surface area contributed by atoms with Gasteiger partial charge in [0.25, 0.3) is 0 Å². The van der Waals surface area contributed by atoms with E-state index < -0.39 is 6.09 Å². The van der Waals surface area contributed by atoms with E-state index >= 15 is 0 Å². The quantitative estimate of drug-likeness (QED) is 0.810. The van der Waals surface area contributed by atoms with Gasteiger partial charge in [0, 0.05) is 13.0 Å². The third-order valence-corrected chi connectivity index (χ3v) is 4.16. The molecule has 2 amide bonds. The molecule has 1 saturated heterocycles. The van der Waals surface area contributed by atoms with Gasteiger partial charge in [-0.25, -0.2) is 4.79 Å². The van der Waals surface area contributed by atoms with Crippen LogP contribution >= 0.6 is 0 Å². The Morgan fingerprint density at radius 2 is 2.18 bits per heavy atom. The molecule has 0 unspecified atom stereocenters. The number of carbonyl (C=O) groups excluding carboxylic acids is 2. The number of rotatable bonds is 5. The molecule has 1 aromatic rings. The molecule has 0 bridgehead atoms. The summed E-state index contributed by atoms with van der Waals surface area (Å²) in [6.07, 6.45) is 4.14. The minimum atomic E-state index is -0.440. The van der Waals surface area contributed by atoms with Crippen LogP contribution in [0.25, 0.3) is 0 Å². The van der Waals surface area contributed by atoms with E-state index in [2.05, 4.69) is 10.1 Å². The lowest BCUT2D eigenvalue weighted by Crippen LogP contribution is -2.38. The summed E-state index contributed by atoms with van der Waals surface area (Å²) in [5, 5.41) is 3.94. The second-order valence-corrected chi connectivity index (χ2v) is 5.82. The fourth-order valence-corrected chi connectivity index (χ4v) is 2.82. The number of ether oxygens (including phenoxy) is 1. The van der Waals surface area contributed by atoms with Crippen molar-refractivity contribution >= 4 is 12.0 Å². The number of aromatic nitrogens is 2. The van der Waals surface area contributed by atoms with Gasteiger partial charge in [0.15, 0.2) is 5.82 Å². The lowest BCUT2D eigenvalue weighted by atomic mass is 10.1. The van der Waals surface area contributed by atoms with E-state index in [1.807, 2.05) is 0 Å². The fourth-order valence-electron chi connectivity index (χ4n) is 2.82. The van der Waals surface area contributed by atoms with Gasteiger partial charge in [-0.05, 0) is 12.8 Å². The smallest absolute Gasteiger partial charge is 0.410 e. The van der Waals surface area contributed by atoms with E-state index in [9.17, 15) is 9.59 Å². The Kier molecular flexibility index (Phi) is 4.26. The molecule has 0 atom stereocenters. The van der Waals surface area contributed by atoms with Crippen molar-refractivity contribution < 1.29 is 18.8 Å². The van der Waals surface area contributed by atoms with Gasteiger partial charge in [0.2, 0.25) is 11.8 Å². The molecule has 0 aromatic carbocycles. The molecule has 8 heteroatoms. The van der Waals surface area contributed by atoms with Gasteiger partial charge in [0.05, 0.1) is 13.1 Å². The first-order valence-corrected chi connectivity index (χ1v) is 7.61. The normalized spacial score (nSPS) is 18.8. The van der Waals surface area contributed by atoms with Crippen molar-refractivity contribution in [2.45, 2.75) is 38.1 Å². The Morgan fingerprint density at radius 1 is 1.41 bits per heavy atom. The number of amides is 2. The van der Waals surface area contributed by atoms with Crippen molar-refractivity contribution in [1.29, 1.82) is 0 Å². The molecule has 8 nitrogen and oxygen atoms in total. The fraction of sp³-hybridized carbons (Fsp3) is 0.714. The number of likely N-dealkylation sites (N-methyl/N-ethyl adjacent to an activating group) is 1. The average molecular weight is 308 g/mol. The standard InChI is InChI=1S/C14H20N4O4/c1-17(12(19)9-18-6-7-21-14(18)20)8-11-15-13(22-16-11)10-4-2-3-5-10/h10H,2-9H2,1H3. The van der Waals surface area contributed by atoms with Gasteiger partial charge < -0.3 is 14.2 Å². The molecule has 22 heavy (non-hydrogen) atoms. The molecule has 2 fully saturated rings. The van der Waals surface area contributed by atoms with Gasteiger partial charge in [-0.15, -0.1) is 0 Å². The molecule has 2 aliphatic rings. The van der Waals surface area contributed by atoms with Crippen molar-refractivity contribution in [1.82, 2.24) is 19.9 Å². The summed E-state index contributed by atoms with van der Waals surface area (Å²) < 4.78 is 10.1. The second-order valence-electron chi connectivity index (χ2n) is 5.82. The zero-order chi connectivity index (χ0) is 15.5. The Morgan fingerprint density at radius 3 is 2.86 bits per heavy atom. The van der Waals surface area contributed by atoms with Crippen LogP contribution in [0.4, 0.5) is 4.79 Å². The Labute approximate surface area is 128 Å². The summed E-state index contributed by atoms with van der Waals surface area (Å²) in [6, 6.07) is 0. The minimum Gasteiger partial charge on any atom is -0.448 e. The highest BCUT2D eigenvalue weighted by Crippen LogP contribution is 2.32. The van der Waals surface area contributed by atoms with Crippen LogP contribution in [0, 0.1) is 0 Å². The van der Waals surface area contributed by atoms with Crippen LogP contribution in [0.2, 0.25) is 0 Å². The largest absolute Gasteiger partial charge is 0.448 e. The lowest BCUT2D eigenvalue weighted by molar-refractivity contribution is -0.131. The van der Waals surface area contributed by atoms with E-state index in [1.54, 1.807) is 7.05 Å². The molecular weight excluding hydrogens is 288 g/mol. The summed E-state index contributed by atoms with van der Waals surface area (Å²) in [7, 11) is 1.66. The molecule has 1 aromatic heterocycles. The predicted octanol–water partition coefficient (Wildman–Crippen LogP) is 1.14. The maximum atomic E-state index is 12.1. The summed E-state index contributed by atoms with van der Waals surface area (Å²) in [6.45, 7) is 1.08. The summed E-state index contributed by atoms with van der Waals surface area (Å²) in [4.78, 5) is 30.7. The summed E-state index contributed by atoms with van der Waals surface area (Å²) in [5.41, 5.74) is 0. The topological polar surface area (TPSA) is 88.8 Å². The first-order chi connectivity index (χ1) is 10.6. The molecule has 1 aliphatic carbocycles. The third-order valence-electron chi connectivity index (χ3n) is 4.16. The molecule has 1 saturated carbocycles. The lowest BCUT2D eigenvalue weighted by Gasteiger charge is -2.18. The number of nitrogens with zero attached hydrogens (tertiary/aromatic N) is 4. The van der Waals surface area contributed by atoms with E-state index in [0.717, 1.165) is 12.8 Å². The van der Waals surface area contributed by atoms with Crippen LogP contribution in [0.5, 0.6) is 0 Å². The Bertz CT molecular complexity index is 553. The Balaban J connectivity index is 1.53. The number of hydrogen-bond donors (Lipinski definition) is 0.